The normalized spacial score (nSPS) is 23.9. The first-order valence-electron chi connectivity index (χ1n) is 7.47. The van der Waals surface area contributed by atoms with Crippen LogP contribution < -0.4 is 10.2 Å². The summed E-state index contributed by atoms with van der Waals surface area (Å²) < 4.78 is 0. The van der Waals surface area contributed by atoms with E-state index in [-0.39, 0.29) is 0 Å². The van der Waals surface area contributed by atoms with Gasteiger partial charge in [-0.3, -0.25) is 4.98 Å². The quantitative estimate of drug-likeness (QED) is 0.903. The van der Waals surface area contributed by atoms with Crippen molar-refractivity contribution in [2.75, 3.05) is 18.0 Å². The Hall–Kier alpha value is -1.09. The minimum Gasteiger partial charge on any atom is -0.369 e. The molecule has 0 aromatic carbocycles. The number of nitrogens with one attached hydrogen (secondary N) is 1. The predicted octanol–water partition coefficient (Wildman–Crippen LogP) is 3.06. The summed E-state index contributed by atoms with van der Waals surface area (Å²) in [5, 5.41) is 3.51. The summed E-state index contributed by atoms with van der Waals surface area (Å²) in [5.41, 5.74) is 2.68. The Morgan fingerprint density at radius 3 is 2.63 bits per heavy atom. The third-order valence-corrected chi connectivity index (χ3v) is 3.80. The van der Waals surface area contributed by atoms with Crippen LogP contribution in [0, 0.1) is 11.8 Å². The Morgan fingerprint density at radius 2 is 2.00 bits per heavy atom. The van der Waals surface area contributed by atoms with E-state index < -0.39 is 0 Å². The van der Waals surface area contributed by atoms with Crippen LogP contribution in [0.1, 0.15) is 39.7 Å². The highest BCUT2D eigenvalue weighted by atomic mass is 15.2. The van der Waals surface area contributed by atoms with E-state index in [2.05, 4.69) is 49.0 Å². The molecule has 1 N–H and O–H groups in total. The molecule has 1 aromatic rings. The van der Waals surface area contributed by atoms with Gasteiger partial charge in [0.2, 0.25) is 0 Å². The molecule has 3 nitrogen and oxygen atoms in total. The van der Waals surface area contributed by atoms with Crippen molar-refractivity contribution >= 4 is 5.69 Å². The molecule has 0 aliphatic carbocycles. The predicted molar refractivity (Wildman–Crippen MR) is 81.4 cm³/mol. The summed E-state index contributed by atoms with van der Waals surface area (Å²) in [7, 11) is 0. The Bertz CT molecular complexity index is 393. The zero-order valence-electron chi connectivity index (χ0n) is 12.7. The number of rotatable bonds is 4. The van der Waals surface area contributed by atoms with Crippen LogP contribution in [-0.4, -0.2) is 24.1 Å². The maximum Gasteiger partial charge on any atom is 0.0598 e. The van der Waals surface area contributed by atoms with E-state index in [1.54, 1.807) is 0 Å². The van der Waals surface area contributed by atoms with Crippen molar-refractivity contribution in [1.82, 2.24) is 10.3 Å². The van der Waals surface area contributed by atoms with Crippen molar-refractivity contribution in [1.29, 1.82) is 0 Å². The zero-order valence-corrected chi connectivity index (χ0v) is 12.7. The largest absolute Gasteiger partial charge is 0.369 e. The number of hydrogen-bond acceptors (Lipinski definition) is 3. The second-order valence-corrected chi connectivity index (χ2v) is 6.39. The third-order valence-electron chi connectivity index (χ3n) is 3.80. The molecule has 2 rings (SSSR count). The van der Waals surface area contributed by atoms with Gasteiger partial charge in [-0.2, -0.15) is 0 Å². The molecule has 0 saturated carbocycles. The van der Waals surface area contributed by atoms with Gasteiger partial charge in [0.25, 0.3) is 0 Å². The Labute approximate surface area is 117 Å². The molecule has 106 valence electrons. The van der Waals surface area contributed by atoms with Gasteiger partial charge in [-0.25, -0.2) is 0 Å². The van der Waals surface area contributed by atoms with Crippen molar-refractivity contribution in [3.8, 4) is 0 Å². The average Bonchev–Trinajstić information content (AvgIpc) is 2.35. The second-order valence-electron chi connectivity index (χ2n) is 6.39. The molecule has 0 bridgehead atoms. The van der Waals surface area contributed by atoms with Crippen LogP contribution in [0.25, 0.3) is 0 Å². The van der Waals surface area contributed by atoms with Gasteiger partial charge in [0, 0.05) is 31.9 Å². The van der Waals surface area contributed by atoms with E-state index in [0.717, 1.165) is 31.5 Å². The molecule has 1 fully saturated rings. The summed E-state index contributed by atoms with van der Waals surface area (Å²) >= 11 is 0. The van der Waals surface area contributed by atoms with Gasteiger partial charge in [0.1, 0.15) is 0 Å². The number of nitrogens with zero attached hydrogens (tertiary/aromatic N) is 2. The summed E-state index contributed by atoms with van der Waals surface area (Å²) in [6, 6.07) is 2.66. The number of aromatic nitrogens is 1. The lowest BCUT2D eigenvalue weighted by molar-refractivity contribution is 0.356. The summed E-state index contributed by atoms with van der Waals surface area (Å²) in [4.78, 5) is 6.85. The lowest BCUT2D eigenvalue weighted by Gasteiger charge is -2.37. The summed E-state index contributed by atoms with van der Waals surface area (Å²) in [6.45, 7) is 12.3. The highest BCUT2D eigenvalue weighted by Crippen LogP contribution is 2.28. The van der Waals surface area contributed by atoms with Crippen LogP contribution in [0.5, 0.6) is 0 Å². The van der Waals surface area contributed by atoms with Crippen molar-refractivity contribution < 1.29 is 0 Å². The van der Waals surface area contributed by atoms with Crippen LogP contribution in [0.4, 0.5) is 5.69 Å². The van der Waals surface area contributed by atoms with E-state index in [0.29, 0.717) is 6.04 Å². The lowest BCUT2D eigenvalue weighted by atomic mass is 9.91. The topological polar surface area (TPSA) is 28.2 Å². The van der Waals surface area contributed by atoms with Gasteiger partial charge < -0.3 is 10.2 Å². The molecular formula is C16H27N3. The molecule has 0 radical (unpaired) electrons. The van der Waals surface area contributed by atoms with E-state index >= 15 is 0 Å². The van der Waals surface area contributed by atoms with Crippen LogP contribution in [-0.2, 0) is 6.54 Å². The maximum absolute atomic E-state index is 4.33. The molecule has 3 heteroatoms. The Balaban J connectivity index is 2.14. The fourth-order valence-electron chi connectivity index (χ4n) is 3.02. The average molecular weight is 261 g/mol. The molecule has 2 unspecified atom stereocenters. The van der Waals surface area contributed by atoms with Gasteiger partial charge in [-0.1, -0.05) is 27.7 Å². The second kappa shape index (κ2) is 6.38. The first-order valence-corrected chi connectivity index (χ1v) is 7.47. The highest BCUT2D eigenvalue weighted by molar-refractivity contribution is 5.52. The van der Waals surface area contributed by atoms with E-state index in [1.165, 1.54) is 17.7 Å². The molecule has 1 aliphatic rings. The van der Waals surface area contributed by atoms with Gasteiger partial charge in [-0.05, 0) is 29.9 Å². The standard InChI is InChI=1S/C16H27N3/c1-12(2)18-8-15-5-6-17-9-16(15)19-10-13(3)7-14(4)11-19/h5-6,9,12-14,18H,7-8,10-11H2,1-4H3. The van der Waals surface area contributed by atoms with Gasteiger partial charge in [0.05, 0.1) is 11.9 Å². The van der Waals surface area contributed by atoms with Gasteiger partial charge in [0.15, 0.2) is 0 Å². The van der Waals surface area contributed by atoms with Crippen molar-refractivity contribution in [2.45, 2.75) is 46.7 Å². The third kappa shape index (κ3) is 3.93. The number of anilines is 1. The van der Waals surface area contributed by atoms with Crippen molar-refractivity contribution in [3.05, 3.63) is 24.0 Å². The minimum absolute atomic E-state index is 0.514. The maximum atomic E-state index is 4.33. The van der Waals surface area contributed by atoms with Gasteiger partial charge >= 0.3 is 0 Å². The number of pyridine rings is 1. The van der Waals surface area contributed by atoms with Crippen molar-refractivity contribution in [3.63, 3.8) is 0 Å². The molecule has 1 aromatic heterocycles. The van der Waals surface area contributed by atoms with Crippen LogP contribution >= 0.6 is 0 Å². The highest BCUT2D eigenvalue weighted by Gasteiger charge is 2.23. The number of piperidine rings is 1. The molecule has 0 spiro atoms. The fourth-order valence-corrected chi connectivity index (χ4v) is 3.02. The van der Waals surface area contributed by atoms with Crippen molar-refractivity contribution in [2.24, 2.45) is 11.8 Å². The van der Waals surface area contributed by atoms with Gasteiger partial charge in [-0.15, -0.1) is 0 Å². The molecule has 19 heavy (non-hydrogen) atoms. The summed E-state index contributed by atoms with van der Waals surface area (Å²) in [5.74, 6) is 1.55. The monoisotopic (exact) mass is 261 g/mol. The molecule has 1 aliphatic heterocycles. The number of hydrogen-bond donors (Lipinski definition) is 1. The van der Waals surface area contributed by atoms with Crippen LogP contribution in [0.2, 0.25) is 0 Å². The first-order chi connectivity index (χ1) is 9.06. The zero-order chi connectivity index (χ0) is 13.8. The Morgan fingerprint density at radius 1 is 1.32 bits per heavy atom. The van der Waals surface area contributed by atoms with Crippen LogP contribution in [0.15, 0.2) is 18.5 Å². The Kier molecular flexibility index (Phi) is 4.81. The first kappa shape index (κ1) is 14.3. The van der Waals surface area contributed by atoms with E-state index in [1.807, 2.05) is 12.4 Å². The van der Waals surface area contributed by atoms with Crippen LogP contribution in [0.3, 0.4) is 0 Å². The molecule has 2 atom stereocenters. The molecular weight excluding hydrogens is 234 g/mol. The molecule has 0 amide bonds. The molecule has 2 heterocycles. The SMILES string of the molecule is CC1CC(C)CN(c2cnccc2CNC(C)C)C1. The van der Waals surface area contributed by atoms with E-state index in [9.17, 15) is 0 Å². The summed E-state index contributed by atoms with van der Waals surface area (Å²) in [6.07, 6.45) is 5.27. The smallest absolute Gasteiger partial charge is 0.0598 e. The van der Waals surface area contributed by atoms with E-state index in [4.69, 9.17) is 0 Å². The lowest BCUT2D eigenvalue weighted by Crippen LogP contribution is -2.39. The minimum atomic E-state index is 0.514. The fraction of sp³-hybridized carbons (Fsp3) is 0.688. The molecule has 1 saturated heterocycles.